The maximum atomic E-state index is 12.8. The zero-order valence-corrected chi connectivity index (χ0v) is 21.4. The molecule has 176 valence electrons. The van der Waals surface area contributed by atoms with Crippen molar-refractivity contribution < 1.29 is 9.90 Å². The van der Waals surface area contributed by atoms with Gasteiger partial charge in [0.1, 0.15) is 0 Å². The number of rotatable bonds is 8. The molecule has 36 heavy (non-hydrogen) atoms. The molecule has 5 rings (SSSR count). The molecule has 0 saturated carbocycles. The number of carboxylic acids is 1. The van der Waals surface area contributed by atoms with Crippen molar-refractivity contribution in [3.63, 3.8) is 0 Å². The monoisotopic (exact) mass is 505 g/mol. The zero-order chi connectivity index (χ0) is 24.7. The summed E-state index contributed by atoms with van der Waals surface area (Å²) in [6.45, 7) is 0. The van der Waals surface area contributed by atoms with E-state index in [2.05, 4.69) is 53.5 Å². The van der Waals surface area contributed by atoms with Crippen LogP contribution in [0.3, 0.4) is 0 Å². The number of benzene rings is 4. The summed E-state index contributed by atoms with van der Waals surface area (Å²) >= 11 is 0. The van der Waals surface area contributed by atoms with Gasteiger partial charge in [-0.05, 0) is 43.1 Å². The molecule has 0 radical (unpaired) electrons. The second kappa shape index (κ2) is 11.4. The van der Waals surface area contributed by atoms with Crippen LogP contribution < -0.4 is 26.5 Å². The minimum atomic E-state index is -1.06. The van der Waals surface area contributed by atoms with Crippen LogP contribution in [0.2, 0.25) is 0 Å². The van der Waals surface area contributed by atoms with E-state index in [0.29, 0.717) is 17.4 Å². The molecule has 3 nitrogen and oxygen atoms in total. The molecule has 4 aromatic carbocycles. The first-order valence-electron chi connectivity index (χ1n) is 11.7. The second-order valence-electron chi connectivity index (χ2n) is 8.22. The first kappa shape index (κ1) is 24.1. The molecule has 1 heterocycles. The van der Waals surface area contributed by atoms with E-state index >= 15 is 0 Å². The predicted octanol–water partition coefficient (Wildman–Crippen LogP) is 5.17. The molecular formula is C31H25NO2P2. The zero-order valence-electron chi connectivity index (χ0n) is 19.6. The van der Waals surface area contributed by atoms with Crippen molar-refractivity contribution in [3.8, 4) is 0 Å². The maximum absolute atomic E-state index is 12.8. The highest BCUT2D eigenvalue weighted by Gasteiger charge is 2.27. The standard InChI is InChI=1S/C31H25NO2P2/c33-31(34)30-28(23-35(24-13-5-1-6-14-24)25-15-7-2-8-16-25)32-22-21-29(30)36(26-17-9-3-10-18-26)27-19-11-4-12-20-27/h1-22H,23H2,(H,33,34). The number of aromatic carboxylic acids is 1. The molecule has 5 aromatic rings. The van der Waals surface area contributed by atoms with E-state index < -0.39 is 21.8 Å². The molecule has 0 atom stereocenters. The largest absolute Gasteiger partial charge is 0.478 e. The summed E-state index contributed by atoms with van der Waals surface area (Å²) in [7, 11) is -1.89. The van der Waals surface area contributed by atoms with Gasteiger partial charge in [-0.25, -0.2) is 4.79 Å². The van der Waals surface area contributed by atoms with Crippen molar-refractivity contribution in [2.24, 2.45) is 0 Å². The Balaban J connectivity index is 1.66. The second-order valence-corrected chi connectivity index (χ2v) is 12.6. The fraction of sp³-hybridized carbons (Fsp3) is 0.0323. The van der Waals surface area contributed by atoms with Crippen molar-refractivity contribution in [1.82, 2.24) is 4.98 Å². The summed E-state index contributed by atoms with van der Waals surface area (Å²) in [6, 6.07) is 43.0. The molecule has 0 aliphatic heterocycles. The Morgan fingerprint density at radius 2 is 1.03 bits per heavy atom. The summed E-state index contributed by atoms with van der Waals surface area (Å²) in [4.78, 5) is 17.5. The average Bonchev–Trinajstić information content (AvgIpc) is 2.94. The van der Waals surface area contributed by atoms with Crippen molar-refractivity contribution in [2.45, 2.75) is 6.16 Å². The highest BCUT2D eigenvalue weighted by Crippen LogP contribution is 2.40. The molecule has 0 bridgehead atoms. The minimum Gasteiger partial charge on any atom is -0.478 e. The lowest BCUT2D eigenvalue weighted by Crippen LogP contribution is -2.27. The lowest BCUT2D eigenvalue weighted by atomic mass is 10.2. The van der Waals surface area contributed by atoms with Gasteiger partial charge in [0.25, 0.3) is 0 Å². The highest BCUT2D eigenvalue weighted by atomic mass is 31.1. The number of carboxylic acid groups (broad SMARTS) is 1. The fourth-order valence-corrected chi connectivity index (χ4v) is 9.04. The van der Waals surface area contributed by atoms with Gasteiger partial charge in [-0.2, -0.15) is 0 Å². The molecule has 0 spiro atoms. The van der Waals surface area contributed by atoms with E-state index in [0.717, 1.165) is 15.9 Å². The first-order chi connectivity index (χ1) is 17.7. The molecule has 0 saturated heterocycles. The van der Waals surface area contributed by atoms with Crippen LogP contribution in [0.25, 0.3) is 0 Å². The Labute approximate surface area is 214 Å². The Bertz CT molecular complexity index is 1350. The Morgan fingerprint density at radius 3 is 1.44 bits per heavy atom. The number of pyridine rings is 1. The Morgan fingerprint density at radius 1 is 0.611 bits per heavy atom. The fourth-order valence-electron chi connectivity index (χ4n) is 4.31. The van der Waals surface area contributed by atoms with Crippen molar-refractivity contribution in [3.05, 3.63) is 145 Å². The summed E-state index contributed by atoms with van der Waals surface area (Å²) < 4.78 is 0. The molecule has 0 aliphatic rings. The minimum absolute atomic E-state index is 0.329. The van der Waals surface area contributed by atoms with E-state index in [4.69, 9.17) is 0 Å². The number of aromatic nitrogens is 1. The maximum Gasteiger partial charge on any atom is 0.338 e. The van der Waals surface area contributed by atoms with E-state index in [1.165, 1.54) is 10.6 Å². The van der Waals surface area contributed by atoms with Gasteiger partial charge in [0.2, 0.25) is 0 Å². The molecule has 1 aromatic heterocycles. The van der Waals surface area contributed by atoms with Crippen LogP contribution in [-0.4, -0.2) is 16.1 Å². The number of hydrogen-bond acceptors (Lipinski definition) is 2. The third-order valence-corrected chi connectivity index (χ3v) is 10.9. The van der Waals surface area contributed by atoms with Crippen LogP contribution in [0.15, 0.2) is 134 Å². The van der Waals surface area contributed by atoms with Crippen molar-refractivity contribution in [2.75, 3.05) is 0 Å². The lowest BCUT2D eigenvalue weighted by molar-refractivity contribution is 0.0697. The lowest BCUT2D eigenvalue weighted by Gasteiger charge is -2.24. The molecular weight excluding hydrogens is 480 g/mol. The van der Waals surface area contributed by atoms with Gasteiger partial charge in [0.05, 0.1) is 11.3 Å². The van der Waals surface area contributed by atoms with Crippen LogP contribution in [0, 0.1) is 0 Å². The van der Waals surface area contributed by atoms with Gasteiger partial charge in [-0.1, -0.05) is 121 Å². The third-order valence-electron chi connectivity index (χ3n) is 5.93. The van der Waals surface area contributed by atoms with Crippen LogP contribution >= 0.6 is 15.8 Å². The number of hydrogen-bond donors (Lipinski definition) is 1. The van der Waals surface area contributed by atoms with E-state index in [9.17, 15) is 9.90 Å². The predicted molar refractivity (Wildman–Crippen MR) is 153 cm³/mol. The van der Waals surface area contributed by atoms with E-state index in [1.807, 2.05) is 78.9 Å². The molecule has 0 unspecified atom stereocenters. The first-order valence-corrected chi connectivity index (χ1v) is 14.6. The summed E-state index contributed by atoms with van der Waals surface area (Å²) in [6.07, 6.45) is 2.34. The quantitative estimate of drug-likeness (QED) is 0.296. The SMILES string of the molecule is O=C(O)c1c(P(c2ccccc2)c2ccccc2)ccnc1CP(c1ccccc1)c1ccccc1. The topological polar surface area (TPSA) is 50.2 Å². The normalized spacial score (nSPS) is 11.1. The van der Waals surface area contributed by atoms with Crippen LogP contribution in [0.5, 0.6) is 0 Å². The van der Waals surface area contributed by atoms with Gasteiger partial charge in [0.15, 0.2) is 0 Å². The third kappa shape index (κ3) is 5.29. The summed E-state index contributed by atoms with van der Waals surface area (Å²) in [5, 5.41) is 16.0. The van der Waals surface area contributed by atoms with Gasteiger partial charge >= 0.3 is 5.97 Å². The molecule has 5 heteroatoms. The number of carbonyl (C=O) groups is 1. The van der Waals surface area contributed by atoms with Gasteiger partial charge in [-0.15, -0.1) is 0 Å². The molecule has 0 aliphatic carbocycles. The van der Waals surface area contributed by atoms with Crippen LogP contribution in [0.1, 0.15) is 16.1 Å². The van der Waals surface area contributed by atoms with Crippen molar-refractivity contribution >= 4 is 48.3 Å². The molecule has 1 N–H and O–H groups in total. The summed E-state index contributed by atoms with van der Waals surface area (Å²) in [5.41, 5.74) is 0.967. The molecule has 0 fully saturated rings. The average molecular weight is 505 g/mol. The highest BCUT2D eigenvalue weighted by molar-refractivity contribution is 7.80. The molecule has 0 amide bonds. The van der Waals surface area contributed by atoms with Crippen LogP contribution in [-0.2, 0) is 6.16 Å². The van der Waals surface area contributed by atoms with Crippen molar-refractivity contribution in [1.29, 1.82) is 0 Å². The van der Waals surface area contributed by atoms with Gasteiger partial charge in [0, 0.05) is 17.7 Å². The van der Waals surface area contributed by atoms with E-state index in [-0.39, 0.29) is 0 Å². The Kier molecular flexibility index (Phi) is 7.62. The Hall–Kier alpha value is -3.64. The number of nitrogens with zero attached hydrogens (tertiary/aromatic N) is 1. The van der Waals surface area contributed by atoms with Gasteiger partial charge < -0.3 is 5.11 Å². The van der Waals surface area contributed by atoms with Crippen LogP contribution in [0.4, 0.5) is 0 Å². The smallest absolute Gasteiger partial charge is 0.338 e. The van der Waals surface area contributed by atoms with Gasteiger partial charge in [-0.3, -0.25) is 4.98 Å². The summed E-state index contributed by atoms with van der Waals surface area (Å²) in [5.74, 6) is -0.927. The van der Waals surface area contributed by atoms with E-state index in [1.54, 1.807) is 6.20 Å².